The number of hydrogen-bond acceptors (Lipinski definition) is 2. The van der Waals surface area contributed by atoms with Crippen molar-refractivity contribution in [3.05, 3.63) is 29.8 Å². The van der Waals surface area contributed by atoms with Crippen LogP contribution in [0.15, 0.2) is 24.3 Å². The van der Waals surface area contributed by atoms with Gasteiger partial charge in [-0.3, -0.25) is 9.59 Å². The Morgan fingerprint density at radius 3 is 2.45 bits per heavy atom. The second kappa shape index (κ2) is 6.81. The zero-order valence-electron chi connectivity index (χ0n) is 11.9. The van der Waals surface area contributed by atoms with Crippen LogP contribution in [0.3, 0.4) is 0 Å². The molecule has 2 N–H and O–H groups in total. The number of amides is 2. The molecule has 0 saturated heterocycles. The van der Waals surface area contributed by atoms with Crippen molar-refractivity contribution in [2.45, 2.75) is 44.3 Å². The predicted molar refractivity (Wildman–Crippen MR) is 75.1 cm³/mol. The van der Waals surface area contributed by atoms with Crippen LogP contribution in [0.5, 0.6) is 0 Å². The molecule has 2 rings (SSSR count). The van der Waals surface area contributed by atoms with Crippen molar-refractivity contribution in [1.82, 2.24) is 5.32 Å². The lowest BCUT2D eigenvalue weighted by atomic mass is 10.2. The van der Waals surface area contributed by atoms with Gasteiger partial charge in [0.2, 0.25) is 11.8 Å². The summed E-state index contributed by atoms with van der Waals surface area (Å²) in [4.78, 5) is 23.4. The molecule has 0 spiro atoms. The van der Waals surface area contributed by atoms with Crippen molar-refractivity contribution in [2.75, 3.05) is 5.32 Å². The molecule has 120 valence electrons. The summed E-state index contributed by atoms with van der Waals surface area (Å²) in [6, 6.07) is 4.42. The van der Waals surface area contributed by atoms with Crippen LogP contribution < -0.4 is 10.6 Å². The average Bonchev–Trinajstić information content (AvgIpc) is 2.90. The Hall–Kier alpha value is -2.05. The highest BCUT2D eigenvalue weighted by Gasteiger charge is 2.30. The second-order valence-corrected chi connectivity index (χ2v) is 5.35. The first kappa shape index (κ1) is 16.3. The Bertz CT molecular complexity index is 552. The van der Waals surface area contributed by atoms with E-state index in [-0.39, 0.29) is 11.7 Å². The summed E-state index contributed by atoms with van der Waals surface area (Å²) in [5.41, 5.74) is -0.825. The lowest BCUT2D eigenvalue weighted by Crippen LogP contribution is -2.35. The fourth-order valence-corrected chi connectivity index (χ4v) is 2.47. The smallest absolute Gasteiger partial charge is 0.353 e. The van der Waals surface area contributed by atoms with Gasteiger partial charge in [0.15, 0.2) is 0 Å². The first-order valence-corrected chi connectivity index (χ1v) is 7.11. The monoisotopic (exact) mass is 314 g/mol. The van der Waals surface area contributed by atoms with E-state index >= 15 is 0 Å². The van der Waals surface area contributed by atoms with Crippen LogP contribution in [0.25, 0.3) is 0 Å². The molecule has 2 amide bonds. The summed E-state index contributed by atoms with van der Waals surface area (Å²) in [5.74, 6) is -1.04. The van der Waals surface area contributed by atoms with Crippen molar-refractivity contribution in [1.29, 1.82) is 0 Å². The maximum absolute atomic E-state index is 12.6. The molecule has 1 aromatic rings. The summed E-state index contributed by atoms with van der Waals surface area (Å²) >= 11 is 0. The molecule has 0 heterocycles. The number of benzene rings is 1. The third-order valence-electron chi connectivity index (χ3n) is 3.52. The van der Waals surface area contributed by atoms with Gasteiger partial charge in [-0.05, 0) is 31.0 Å². The van der Waals surface area contributed by atoms with Gasteiger partial charge in [-0.25, -0.2) is 0 Å². The molecule has 22 heavy (non-hydrogen) atoms. The van der Waals surface area contributed by atoms with Gasteiger partial charge in [0.1, 0.15) is 6.42 Å². The summed E-state index contributed by atoms with van der Waals surface area (Å²) in [6.45, 7) is 0. The number of rotatable bonds is 4. The normalized spacial score (nSPS) is 15.6. The van der Waals surface area contributed by atoms with E-state index in [1.165, 1.54) is 12.1 Å². The van der Waals surface area contributed by atoms with Crippen molar-refractivity contribution < 1.29 is 22.8 Å². The van der Waals surface area contributed by atoms with Crippen LogP contribution >= 0.6 is 0 Å². The van der Waals surface area contributed by atoms with Crippen LogP contribution in [0.4, 0.5) is 18.9 Å². The fraction of sp³-hybridized carbons (Fsp3) is 0.467. The number of alkyl halides is 3. The standard InChI is InChI=1S/C15H17F3N2O2/c16-15(17,18)10-4-3-7-12(8-10)20-14(22)9-13(21)19-11-5-1-2-6-11/h3-4,7-8,11H,1-2,5-6,9H2,(H,19,21)(H,20,22). The number of nitrogens with one attached hydrogen (secondary N) is 2. The average molecular weight is 314 g/mol. The van der Waals surface area contributed by atoms with E-state index in [0.29, 0.717) is 0 Å². The Labute approximate surface area is 126 Å². The van der Waals surface area contributed by atoms with Crippen molar-refractivity contribution in [2.24, 2.45) is 0 Å². The molecule has 0 aromatic heterocycles. The second-order valence-electron chi connectivity index (χ2n) is 5.35. The van der Waals surface area contributed by atoms with Gasteiger partial charge < -0.3 is 10.6 Å². The van der Waals surface area contributed by atoms with E-state index in [4.69, 9.17) is 0 Å². The first-order valence-electron chi connectivity index (χ1n) is 7.11. The summed E-state index contributed by atoms with van der Waals surface area (Å²) in [5, 5.41) is 5.06. The maximum Gasteiger partial charge on any atom is 0.416 e. The highest BCUT2D eigenvalue weighted by Crippen LogP contribution is 2.30. The largest absolute Gasteiger partial charge is 0.416 e. The highest BCUT2D eigenvalue weighted by atomic mass is 19.4. The van der Waals surface area contributed by atoms with Gasteiger partial charge in [-0.2, -0.15) is 13.2 Å². The lowest BCUT2D eigenvalue weighted by molar-refractivity contribution is -0.137. The number of carbonyl (C=O) groups is 2. The van der Waals surface area contributed by atoms with Crippen LogP contribution in [-0.2, 0) is 15.8 Å². The molecule has 0 bridgehead atoms. The minimum absolute atomic E-state index is 0.0218. The Kier molecular flexibility index (Phi) is 5.05. The van der Waals surface area contributed by atoms with Gasteiger partial charge in [-0.15, -0.1) is 0 Å². The summed E-state index contributed by atoms with van der Waals surface area (Å²) < 4.78 is 37.7. The summed E-state index contributed by atoms with van der Waals surface area (Å²) in [6.07, 6.45) is -0.946. The molecule has 0 radical (unpaired) electrons. The fourth-order valence-electron chi connectivity index (χ4n) is 2.47. The van der Waals surface area contributed by atoms with Crippen LogP contribution in [-0.4, -0.2) is 17.9 Å². The minimum atomic E-state index is -4.47. The number of carbonyl (C=O) groups excluding carboxylic acids is 2. The van der Waals surface area contributed by atoms with E-state index in [1.54, 1.807) is 0 Å². The van der Waals surface area contributed by atoms with Gasteiger partial charge in [-0.1, -0.05) is 18.9 Å². The number of halogens is 3. The SMILES string of the molecule is O=C(CC(=O)NC1CCCC1)Nc1cccc(C(F)(F)F)c1. The topological polar surface area (TPSA) is 58.2 Å². The molecule has 7 heteroatoms. The van der Waals surface area contributed by atoms with Crippen molar-refractivity contribution in [3.8, 4) is 0 Å². The first-order chi connectivity index (χ1) is 10.3. The van der Waals surface area contributed by atoms with Crippen molar-refractivity contribution >= 4 is 17.5 Å². The molecule has 1 aliphatic rings. The van der Waals surface area contributed by atoms with Gasteiger partial charge >= 0.3 is 6.18 Å². The summed E-state index contributed by atoms with van der Waals surface area (Å²) in [7, 11) is 0. The number of hydrogen-bond donors (Lipinski definition) is 2. The molecule has 0 aliphatic heterocycles. The van der Waals surface area contributed by atoms with E-state index in [9.17, 15) is 22.8 Å². The van der Waals surface area contributed by atoms with Crippen LogP contribution in [0, 0.1) is 0 Å². The number of anilines is 1. The van der Waals surface area contributed by atoms with E-state index in [2.05, 4.69) is 10.6 Å². The van der Waals surface area contributed by atoms with Gasteiger partial charge in [0.05, 0.1) is 5.56 Å². The van der Waals surface area contributed by atoms with E-state index < -0.39 is 30.0 Å². The zero-order valence-corrected chi connectivity index (χ0v) is 11.9. The van der Waals surface area contributed by atoms with Crippen molar-refractivity contribution in [3.63, 3.8) is 0 Å². The molecule has 1 aliphatic carbocycles. The molecule has 1 aromatic carbocycles. The molecular formula is C15H17F3N2O2. The van der Waals surface area contributed by atoms with Gasteiger partial charge in [0, 0.05) is 11.7 Å². The quantitative estimate of drug-likeness (QED) is 0.839. The molecule has 0 atom stereocenters. The Morgan fingerprint density at radius 1 is 1.14 bits per heavy atom. The third kappa shape index (κ3) is 4.75. The van der Waals surface area contributed by atoms with E-state index in [0.717, 1.165) is 37.8 Å². The minimum Gasteiger partial charge on any atom is -0.353 e. The zero-order chi connectivity index (χ0) is 16.2. The third-order valence-corrected chi connectivity index (χ3v) is 3.52. The Morgan fingerprint density at radius 2 is 1.82 bits per heavy atom. The molecule has 4 nitrogen and oxygen atoms in total. The predicted octanol–water partition coefficient (Wildman–Crippen LogP) is 3.09. The van der Waals surface area contributed by atoms with Crippen LogP contribution in [0.2, 0.25) is 0 Å². The lowest BCUT2D eigenvalue weighted by Gasteiger charge is -2.12. The van der Waals surface area contributed by atoms with Gasteiger partial charge in [0.25, 0.3) is 0 Å². The van der Waals surface area contributed by atoms with E-state index in [1.807, 2.05) is 0 Å². The molecule has 0 unspecified atom stereocenters. The maximum atomic E-state index is 12.6. The molecular weight excluding hydrogens is 297 g/mol. The Balaban J connectivity index is 1.87. The highest BCUT2D eigenvalue weighted by molar-refractivity contribution is 6.03. The molecule has 1 fully saturated rings. The van der Waals surface area contributed by atoms with Crippen LogP contribution in [0.1, 0.15) is 37.7 Å². The molecule has 1 saturated carbocycles.